The number of hydrogen-bond donors (Lipinski definition) is 1. The first-order valence-electron chi connectivity index (χ1n) is 9.48. The molecule has 1 aliphatic carbocycles. The molecule has 2 aromatic heterocycles. The Labute approximate surface area is 174 Å². The Morgan fingerprint density at radius 3 is 2.73 bits per heavy atom. The fourth-order valence-electron chi connectivity index (χ4n) is 4.12. The highest BCUT2D eigenvalue weighted by atomic mass is 32.2. The number of carboxylic acids is 1. The lowest BCUT2D eigenvalue weighted by Crippen LogP contribution is -2.40. The summed E-state index contributed by atoms with van der Waals surface area (Å²) in [6.07, 6.45) is 3.27. The van der Waals surface area contributed by atoms with Gasteiger partial charge >= 0.3 is 5.97 Å². The van der Waals surface area contributed by atoms with E-state index in [0.29, 0.717) is 24.8 Å². The molecule has 1 N–H and O–H groups in total. The minimum absolute atomic E-state index is 0.140. The van der Waals surface area contributed by atoms with Crippen LogP contribution in [0.1, 0.15) is 23.2 Å². The third kappa shape index (κ3) is 3.34. The Balaban J connectivity index is 1.68. The van der Waals surface area contributed by atoms with Crippen molar-refractivity contribution in [3.63, 3.8) is 0 Å². The number of aliphatic carboxylic acids is 1. The van der Waals surface area contributed by atoms with Gasteiger partial charge in [-0.05, 0) is 55.7 Å². The van der Waals surface area contributed by atoms with Crippen molar-refractivity contribution in [2.75, 3.05) is 7.05 Å². The van der Waals surface area contributed by atoms with E-state index in [4.69, 9.17) is 5.26 Å². The van der Waals surface area contributed by atoms with Crippen molar-refractivity contribution >= 4 is 27.0 Å². The van der Waals surface area contributed by atoms with Crippen LogP contribution in [-0.4, -0.2) is 46.4 Å². The Morgan fingerprint density at radius 2 is 2.07 bits per heavy atom. The molecule has 1 atom stereocenters. The van der Waals surface area contributed by atoms with Crippen LogP contribution >= 0.6 is 0 Å². The van der Waals surface area contributed by atoms with Crippen LogP contribution in [0.25, 0.3) is 11.0 Å². The van der Waals surface area contributed by atoms with E-state index in [1.807, 2.05) is 12.1 Å². The van der Waals surface area contributed by atoms with Crippen molar-refractivity contribution in [2.45, 2.75) is 36.7 Å². The third-order valence-corrected chi connectivity index (χ3v) is 7.58. The number of likely N-dealkylation sites (N-methyl/N-ethyl adjacent to an activating group) is 1. The van der Waals surface area contributed by atoms with Gasteiger partial charge in [0.15, 0.2) is 0 Å². The average molecular weight is 424 g/mol. The maximum Gasteiger partial charge on any atom is 0.323 e. The molecule has 0 spiro atoms. The maximum atomic E-state index is 13.1. The first-order chi connectivity index (χ1) is 14.3. The fraction of sp³-hybridized carbons (Fsp3) is 0.286. The van der Waals surface area contributed by atoms with Gasteiger partial charge < -0.3 is 9.67 Å². The summed E-state index contributed by atoms with van der Waals surface area (Å²) in [5.74, 6) is -0.929. The van der Waals surface area contributed by atoms with Crippen LogP contribution in [0.4, 0.5) is 0 Å². The third-order valence-electron chi connectivity index (χ3n) is 5.66. The summed E-state index contributed by atoms with van der Waals surface area (Å²) in [6, 6.07) is 11.2. The van der Waals surface area contributed by atoms with Crippen LogP contribution in [0.3, 0.4) is 0 Å². The van der Waals surface area contributed by atoms with Gasteiger partial charge in [0, 0.05) is 30.5 Å². The van der Waals surface area contributed by atoms with Crippen LogP contribution in [-0.2, 0) is 34.2 Å². The summed E-state index contributed by atoms with van der Waals surface area (Å²) in [4.78, 5) is 15.9. The summed E-state index contributed by atoms with van der Waals surface area (Å²) in [5.41, 5.74) is 3.69. The summed E-state index contributed by atoms with van der Waals surface area (Å²) in [7, 11) is -2.17. The second-order valence-corrected chi connectivity index (χ2v) is 9.33. The van der Waals surface area contributed by atoms with E-state index in [0.717, 1.165) is 22.3 Å². The fourth-order valence-corrected chi connectivity index (χ4v) is 5.51. The number of benzene rings is 1. The quantitative estimate of drug-likeness (QED) is 0.671. The number of fused-ring (bicyclic) bond motifs is 3. The molecule has 1 unspecified atom stereocenters. The van der Waals surface area contributed by atoms with Gasteiger partial charge in [-0.15, -0.1) is 0 Å². The van der Waals surface area contributed by atoms with E-state index in [1.54, 1.807) is 23.9 Å². The predicted octanol–water partition coefficient (Wildman–Crippen LogP) is 2.17. The van der Waals surface area contributed by atoms with Gasteiger partial charge in [0.25, 0.3) is 0 Å². The highest BCUT2D eigenvalue weighted by Crippen LogP contribution is 2.33. The van der Waals surface area contributed by atoms with Crippen molar-refractivity contribution in [3.8, 4) is 6.07 Å². The molecule has 154 valence electrons. The first kappa shape index (κ1) is 20.1. The Kier molecular flexibility index (Phi) is 5.05. The second-order valence-electron chi connectivity index (χ2n) is 7.33. The van der Waals surface area contributed by atoms with E-state index >= 15 is 0 Å². The molecule has 1 aliphatic rings. The van der Waals surface area contributed by atoms with Crippen LogP contribution in [0.2, 0.25) is 0 Å². The molecular formula is C21H20N4O4S. The monoisotopic (exact) mass is 424 g/mol. The Morgan fingerprint density at radius 1 is 1.33 bits per heavy atom. The Bertz CT molecular complexity index is 1270. The zero-order chi connectivity index (χ0) is 21.5. The van der Waals surface area contributed by atoms with Gasteiger partial charge in [-0.2, -0.15) is 9.57 Å². The summed E-state index contributed by atoms with van der Waals surface area (Å²) in [6.45, 7) is -0.151. The smallest absolute Gasteiger partial charge is 0.323 e. The maximum absolute atomic E-state index is 13.1. The van der Waals surface area contributed by atoms with E-state index in [9.17, 15) is 18.3 Å². The number of nitriles is 1. The molecule has 9 heteroatoms. The molecule has 0 saturated carbocycles. The van der Waals surface area contributed by atoms with Gasteiger partial charge in [0.05, 0.1) is 27.6 Å². The van der Waals surface area contributed by atoms with Gasteiger partial charge in [0.2, 0.25) is 10.0 Å². The molecule has 30 heavy (non-hydrogen) atoms. The molecule has 8 nitrogen and oxygen atoms in total. The minimum atomic E-state index is -3.73. The first-order valence-corrected chi connectivity index (χ1v) is 10.9. The second kappa shape index (κ2) is 7.55. The van der Waals surface area contributed by atoms with E-state index in [-0.39, 0.29) is 17.5 Å². The van der Waals surface area contributed by atoms with Gasteiger partial charge in [0.1, 0.15) is 6.54 Å². The van der Waals surface area contributed by atoms with E-state index in [1.165, 1.54) is 28.6 Å². The minimum Gasteiger partial charge on any atom is -0.480 e. The normalized spacial score (nSPS) is 16.4. The molecule has 0 saturated heterocycles. The molecule has 0 bridgehead atoms. The lowest BCUT2D eigenvalue weighted by molar-refractivity contribution is -0.137. The topological polar surface area (TPSA) is 116 Å². The van der Waals surface area contributed by atoms with Crippen molar-refractivity contribution in [1.82, 2.24) is 13.9 Å². The molecule has 2 heterocycles. The van der Waals surface area contributed by atoms with Crippen molar-refractivity contribution in [3.05, 3.63) is 59.4 Å². The zero-order valence-corrected chi connectivity index (χ0v) is 17.1. The van der Waals surface area contributed by atoms with E-state index in [2.05, 4.69) is 4.98 Å². The number of nitrogens with zero attached hydrogens (tertiary/aromatic N) is 4. The number of hydrogen-bond acceptors (Lipinski definition) is 5. The molecule has 3 aromatic rings. The predicted molar refractivity (Wildman–Crippen MR) is 109 cm³/mol. The summed E-state index contributed by atoms with van der Waals surface area (Å²) < 4.78 is 29.3. The SMILES string of the molecule is CN(C1CCc2c(c3ncccc3n2CC(=O)O)C1)S(=O)(=O)c1ccc(C#N)cc1. The van der Waals surface area contributed by atoms with Crippen LogP contribution in [0.5, 0.6) is 0 Å². The number of pyridine rings is 1. The van der Waals surface area contributed by atoms with Crippen LogP contribution in [0.15, 0.2) is 47.5 Å². The molecule has 4 rings (SSSR count). The number of aromatic nitrogens is 2. The average Bonchev–Trinajstić information content (AvgIpc) is 3.06. The van der Waals surface area contributed by atoms with Crippen LogP contribution < -0.4 is 0 Å². The molecule has 0 aliphatic heterocycles. The summed E-state index contributed by atoms with van der Waals surface area (Å²) >= 11 is 0. The zero-order valence-electron chi connectivity index (χ0n) is 16.3. The largest absolute Gasteiger partial charge is 0.480 e. The molecule has 0 radical (unpaired) electrons. The van der Waals surface area contributed by atoms with Gasteiger partial charge in [-0.1, -0.05) is 0 Å². The van der Waals surface area contributed by atoms with Gasteiger partial charge in [-0.3, -0.25) is 9.78 Å². The molecule has 0 fully saturated rings. The van der Waals surface area contributed by atoms with Gasteiger partial charge in [-0.25, -0.2) is 8.42 Å². The number of sulfonamides is 1. The highest BCUT2D eigenvalue weighted by Gasteiger charge is 2.34. The van der Waals surface area contributed by atoms with Crippen molar-refractivity contribution in [1.29, 1.82) is 5.26 Å². The van der Waals surface area contributed by atoms with Crippen molar-refractivity contribution < 1.29 is 18.3 Å². The summed E-state index contributed by atoms with van der Waals surface area (Å²) in [5, 5.41) is 18.2. The Hall–Kier alpha value is -3.22. The van der Waals surface area contributed by atoms with E-state index < -0.39 is 16.0 Å². The lowest BCUT2D eigenvalue weighted by Gasteiger charge is -2.31. The van der Waals surface area contributed by atoms with Crippen molar-refractivity contribution in [2.24, 2.45) is 0 Å². The highest BCUT2D eigenvalue weighted by molar-refractivity contribution is 7.89. The lowest BCUT2D eigenvalue weighted by atomic mass is 9.92. The number of carbonyl (C=O) groups is 1. The molecular weight excluding hydrogens is 404 g/mol. The molecule has 0 amide bonds. The number of rotatable bonds is 5. The van der Waals surface area contributed by atoms with Crippen LogP contribution in [0, 0.1) is 11.3 Å². The standard InChI is InChI=1S/C21H20N4O4S/c1-24(30(28,29)16-7-4-14(12-22)5-8-16)15-6-9-18-17(11-15)21-19(3-2-10-23-21)25(18)13-20(26)27/h2-5,7-8,10,15H,6,9,11,13H2,1H3,(H,26,27). The molecule has 1 aromatic carbocycles. The number of carboxylic acid groups (broad SMARTS) is 1.